The third-order valence-electron chi connectivity index (χ3n) is 4.54. The Bertz CT molecular complexity index is 980. The van der Waals surface area contributed by atoms with Crippen molar-refractivity contribution >= 4 is 23.3 Å². The number of thiophene rings is 1. The zero-order valence-electron chi connectivity index (χ0n) is 15.0. The molecule has 0 saturated carbocycles. The molecule has 0 fully saturated rings. The van der Waals surface area contributed by atoms with Crippen LogP contribution >= 0.6 is 11.3 Å². The van der Waals surface area contributed by atoms with Crippen molar-refractivity contribution in [3.8, 4) is 17.0 Å². The van der Waals surface area contributed by atoms with Crippen LogP contribution in [0, 0.1) is 6.92 Å². The third kappa shape index (κ3) is 3.93. The number of benzene rings is 1. The van der Waals surface area contributed by atoms with Crippen molar-refractivity contribution in [3.63, 3.8) is 0 Å². The fourth-order valence-electron chi connectivity index (χ4n) is 3.22. The van der Waals surface area contributed by atoms with E-state index in [1.807, 2.05) is 54.8 Å². The van der Waals surface area contributed by atoms with Crippen LogP contribution in [0.4, 0.5) is 0 Å². The molecule has 0 radical (unpaired) electrons. The van der Waals surface area contributed by atoms with Gasteiger partial charge in [0.2, 0.25) is 5.91 Å². The standard InChI is InChI=1S/C22H20N2O2S/c1-15-5-3-11-23-21(15)19-8-2-6-16-13-17(26-22(16)19)14-24-20(25)10-9-18-7-4-12-27-18/h2-12,17H,13-14H2,1H3,(H,24,25)/b10-9+. The summed E-state index contributed by atoms with van der Waals surface area (Å²) in [5, 5.41) is 4.92. The van der Waals surface area contributed by atoms with E-state index in [9.17, 15) is 4.79 Å². The molecule has 0 saturated heterocycles. The van der Waals surface area contributed by atoms with E-state index in [2.05, 4.69) is 16.4 Å². The number of amides is 1. The van der Waals surface area contributed by atoms with Crippen molar-refractivity contribution in [2.24, 2.45) is 0 Å². The first-order valence-electron chi connectivity index (χ1n) is 8.90. The van der Waals surface area contributed by atoms with Gasteiger partial charge in [0.25, 0.3) is 0 Å². The van der Waals surface area contributed by atoms with Gasteiger partial charge in [-0.15, -0.1) is 11.3 Å². The molecule has 1 aliphatic heterocycles. The molecule has 1 unspecified atom stereocenters. The highest BCUT2D eigenvalue weighted by Crippen LogP contribution is 2.38. The van der Waals surface area contributed by atoms with Crippen molar-refractivity contribution in [1.82, 2.24) is 10.3 Å². The molecule has 5 heteroatoms. The number of carbonyl (C=O) groups excluding carboxylic acids is 1. The topological polar surface area (TPSA) is 51.2 Å². The van der Waals surface area contributed by atoms with E-state index in [0.717, 1.165) is 39.4 Å². The second-order valence-corrected chi connectivity index (χ2v) is 7.48. The van der Waals surface area contributed by atoms with E-state index >= 15 is 0 Å². The smallest absolute Gasteiger partial charge is 0.244 e. The van der Waals surface area contributed by atoms with Crippen molar-refractivity contribution in [1.29, 1.82) is 0 Å². The molecule has 3 aromatic rings. The van der Waals surface area contributed by atoms with Gasteiger partial charge in [0, 0.05) is 29.1 Å². The van der Waals surface area contributed by atoms with E-state index in [1.165, 1.54) is 0 Å². The number of pyridine rings is 1. The Balaban J connectivity index is 1.42. The van der Waals surface area contributed by atoms with Crippen LogP contribution in [0.2, 0.25) is 0 Å². The number of carbonyl (C=O) groups is 1. The number of rotatable bonds is 5. The molecule has 27 heavy (non-hydrogen) atoms. The number of aryl methyl sites for hydroxylation is 1. The first-order chi connectivity index (χ1) is 13.2. The second-order valence-electron chi connectivity index (χ2n) is 6.50. The minimum absolute atomic E-state index is 0.0655. The lowest BCUT2D eigenvalue weighted by molar-refractivity contribution is -0.116. The maximum atomic E-state index is 12.0. The van der Waals surface area contributed by atoms with Crippen LogP contribution < -0.4 is 10.1 Å². The molecule has 0 bridgehead atoms. The molecule has 1 amide bonds. The van der Waals surface area contributed by atoms with Gasteiger partial charge in [0.05, 0.1) is 12.2 Å². The Morgan fingerprint density at radius 3 is 3.04 bits per heavy atom. The predicted molar refractivity (Wildman–Crippen MR) is 109 cm³/mol. The number of nitrogens with zero attached hydrogens (tertiary/aromatic N) is 1. The van der Waals surface area contributed by atoms with Crippen LogP contribution in [0.15, 0.2) is 60.1 Å². The highest BCUT2D eigenvalue weighted by Gasteiger charge is 2.26. The lowest BCUT2D eigenvalue weighted by Crippen LogP contribution is -2.33. The number of fused-ring (bicyclic) bond motifs is 1. The lowest BCUT2D eigenvalue weighted by Gasteiger charge is -2.13. The molecule has 4 rings (SSSR count). The molecular formula is C22H20N2O2S. The summed E-state index contributed by atoms with van der Waals surface area (Å²) in [5.41, 5.74) is 4.23. The number of para-hydroxylation sites is 1. The van der Waals surface area contributed by atoms with E-state index < -0.39 is 0 Å². The molecular weight excluding hydrogens is 356 g/mol. The van der Waals surface area contributed by atoms with Gasteiger partial charge in [-0.25, -0.2) is 0 Å². The van der Waals surface area contributed by atoms with Gasteiger partial charge in [0.1, 0.15) is 11.9 Å². The zero-order chi connectivity index (χ0) is 18.6. The summed E-state index contributed by atoms with van der Waals surface area (Å²) in [5.74, 6) is 0.774. The SMILES string of the molecule is Cc1cccnc1-c1cccc2c1OC(CNC(=O)/C=C/c1cccs1)C2. The lowest BCUT2D eigenvalue weighted by atomic mass is 10.0. The average Bonchev–Trinajstić information content (AvgIpc) is 3.34. The van der Waals surface area contributed by atoms with Gasteiger partial charge >= 0.3 is 0 Å². The normalized spacial score (nSPS) is 15.5. The summed E-state index contributed by atoms with van der Waals surface area (Å²) in [6, 6.07) is 14.1. The molecule has 1 aliphatic rings. The Morgan fingerprint density at radius 1 is 1.30 bits per heavy atom. The van der Waals surface area contributed by atoms with Crippen molar-refractivity contribution < 1.29 is 9.53 Å². The number of hydrogen-bond acceptors (Lipinski definition) is 4. The van der Waals surface area contributed by atoms with Crippen LogP contribution in [0.1, 0.15) is 16.0 Å². The number of hydrogen-bond donors (Lipinski definition) is 1. The minimum Gasteiger partial charge on any atom is -0.487 e. The highest BCUT2D eigenvalue weighted by molar-refractivity contribution is 7.10. The number of ether oxygens (including phenoxy) is 1. The fraction of sp³-hybridized carbons (Fsp3) is 0.182. The monoisotopic (exact) mass is 376 g/mol. The van der Waals surface area contributed by atoms with Crippen LogP contribution in [-0.2, 0) is 11.2 Å². The molecule has 0 aliphatic carbocycles. The number of aromatic nitrogens is 1. The molecule has 1 N–H and O–H groups in total. The van der Waals surface area contributed by atoms with E-state index in [-0.39, 0.29) is 12.0 Å². The first kappa shape index (κ1) is 17.5. The second kappa shape index (κ2) is 7.76. The molecule has 1 aromatic carbocycles. The zero-order valence-corrected chi connectivity index (χ0v) is 15.8. The molecule has 2 aromatic heterocycles. The van der Waals surface area contributed by atoms with Gasteiger partial charge in [0.15, 0.2) is 0 Å². The van der Waals surface area contributed by atoms with Crippen LogP contribution in [0.25, 0.3) is 17.3 Å². The van der Waals surface area contributed by atoms with Crippen LogP contribution in [0.5, 0.6) is 5.75 Å². The summed E-state index contributed by atoms with van der Waals surface area (Å²) in [7, 11) is 0. The molecule has 1 atom stereocenters. The Kier molecular flexibility index (Phi) is 5.03. The van der Waals surface area contributed by atoms with Gasteiger partial charge < -0.3 is 10.1 Å². The summed E-state index contributed by atoms with van der Waals surface area (Å²) < 4.78 is 6.17. The van der Waals surface area contributed by atoms with Gasteiger partial charge in [-0.3, -0.25) is 9.78 Å². The van der Waals surface area contributed by atoms with Crippen molar-refractivity contribution in [2.75, 3.05) is 6.54 Å². The summed E-state index contributed by atoms with van der Waals surface area (Å²) in [6.07, 6.45) is 5.91. The Morgan fingerprint density at radius 2 is 2.22 bits per heavy atom. The molecule has 0 spiro atoms. The van der Waals surface area contributed by atoms with Crippen molar-refractivity contribution in [2.45, 2.75) is 19.4 Å². The maximum absolute atomic E-state index is 12.0. The molecule has 4 nitrogen and oxygen atoms in total. The first-order valence-corrected chi connectivity index (χ1v) is 9.78. The highest BCUT2D eigenvalue weighted by atomic mass is 32.1. The fourth-order valence-corrected chi connectivity index (χ4v) is 3.84. The summed E-state index contributed by atoms with van der Waals surface area (Å²) >= 11 is 1.60. The van der Waals surface area contributed by atoms with Gasteiger partial charge in [-0.05, 0) is 47.7 Å². The van der Waals surface area contributed by atoms with Crippen LogP contribution in [-0.4, -0.2) is 23.5 Å². The van der Waals surface area contributed by atoms with E-state index in [0.29, 0.717) is 6.54 Å². The van der Waals surface area contributed by atoms with Gasteiger partial charge in [-0.2, -0.15) is 0 Å². The minimum atomic E-state index is -0.108. The number of nitrogens with one attached hydrogen (secondary N) is 1. The maximum Gasteiger partial charge on any atom is 0.244 e. The van der Waals surface area contributed by atoms with E-state index in [4.69, 9.17) is 4.74 Å². The van der Waals surface area contributed by atoms with Crippen molar-refractivity contribution in [3.05, 3.63) is 76.1 Å². The quantitative estimate of drug-likeness (QED) is 0.677. The largest absolute Gasteiger partial charge is 0.487 e. The summed E-state index contributed by atoms with van der Waals surface area (Å²) in [6.45, 7) is 2.53. The predicted octanol–water partition coefficient (Wildman–Crippen LogP) is 4.25. The summed E-state index contributed by atoms with van der Waals surface area (Å²) in [4.78, 5) is 17.6. The van der Waals surface area contributed by atoms with Crippen LogP contribution in [0.3, 0.4) is 0 Å². The molecule has 3 heterocycles. The Labute approximate surface area is 162 Å². The molecule has 136 valence electrons. The third-order valence-corrected chi connectivity index (χ3v) is 5.38. The average molecular weight is 376 g/mol. The van der Waals surface area contributed by atoms with Gasteiger partial charge in [-0.1, -0.05) is 24.3 Å². The Hall–Kier alpha value is -2.92. The van der Waals surface area contributed by atoms with E-state index in [1.54, 1.807) is 23.6 Å².